The van der Waals surface area contributed by atoms with E-state index in [2.05, 4.69) is 5.32 Å². The largest absolute Gasteiger partial charge is 0.495 e. The molecule has 1 aromatic carbocycles. The highest BCUT2D eigenvalue weighted by Gasteiger charge is 2.53. The lowest BCUT2D eigenvalue weighted by atomic mass is 9.73. The fraction of sp³-hybridized carbons (Fsp3) is 0.680. The minimum Gasteiger partial charge on any atom is -0.444 e. The van der Waals surface area contributed by atoms with E-state index in [0.717, 1.165) is 23.9 Å². The lowest BCUT2D eigenvalue weighted by Gasteiger charge is -2.33. The van der Waals surface area contributed by atoms with Crippen molar-refractivity contribution in [1.82, 2.24) is 10.2 Å². The molecule has 2 aliphatic rings. The summed E-state index contributed by atoms with van der Waals surface area (Å²) < 4.78 is 17.8. The highest BCUT2D eigenvalue weighted by Crippen LogP contribution is 2.37. The molecule has 0 spiro atoms. The number of carbonyl (C=O) groups is 2. The van der Waals surface area contributed by atoms with Gasteiger partial charge in [-0.15, -0.1) is 0 Å². The maximum Gasteiger partial charge on any atom is 0.495 e. The molecule has 2 aliphatic heterocycles. The van der Waals surface area contributed by atoms with Crippen molar-refractivity contribution in [2.75, 3.05) is 19.6 Å². The van der Waals surface area contributed by atoms with Crippen molar-refractivity contribution < 1.29 is 23.6 Å². The van der Waals surface area contributed by atoms with Gasteiger partial charge < -0.3 is 24.3 Å². The smallest absolute Gasteiger partial charge is 0.444 e. The minimum absolute atomic E-state index is 0.00182. The summed E-state index contributed by atoms with van der Waals surface area (Å²) >= 11 is 0. The number of benzene rings is 1. The van der Waals surface area contributed by atoms with Gasteiger partial charge >= 0.3 is 13.2 Å². The number of hydrogen-bond donors (Lipinski definition) is 1. The molecule has 2 saturated heterocycles. The molecule has 2 amide bonds. The molecule has 33 heavy (non-hydrogen) atoms. The molecule has 0 unspecified atom stereocenters. The molecule has 0 aromatic heterocycles. The molecule has 3 rings (SSSR count). The summed E-state index contributed by atoms with van der Waals surface area (Å²) in [7, 11) is -0.578. The molecule has 0 aliphatic carbocycles. The SMILES string of the molecule is Cc1cccc(C(=O)N2CCC(CNC(=O)OC(C)(C)C)CC2)c1B1OC(C)(C)C(C)(C)O1. The van der Waals surface area contributed by atoms with E-state index in [0.29, 0.717) is 31.1 Å². The third-order valence-corrected chi connectivity index (χ3v) is 6.88. The van der Waals surface area contributed by atoms with Crippen molar-refractivity contribution in [2.24, 2.45) is 5.92 Å². The first kappa shape index (κ1) is 25.6. The van der Waals surface area contributed by atoms with Crippen molar-refractivity contribution in [3.8, 4) is 0 Å². The van der Waals surface area contributed by atoms with E-state index in [4.69, 9.17) is 14.0 Å². The van der Waals surface area contributed by atoms with E-state index in [-0.39, 0.29) is 5.91 Å². The highest BCUT2D eigenvalue weighted by molar-refractivity contribution is 6.64. The van der Waals surface area contributed by atoms with Crippen LogP contribution >= 0.6 is 0 Å². The predicted molar refractivity (Wildman–Crippen MR) is 130 cm³/mol. The first-order valence-corrected chi connectivity index (χ1v) is 11.9. The van der Waals surface area contributed by atoms with Gasteiger partial charge in [0.05, 0.1) is 11.2 Å². The molecule has 1 N–H and O–H groups in total. The maximum absolute atomic E-state index is 13.5. The van der Waals surface area contributed by atoms with Crippen LogP contribution in [0.4, 0.5) is 4.79 Å². The quantitative estimate of drug-likeness (QED) is 0.697. The zero-order valence-corrected chi connectivity index (χ0v) is 21.4. The summed E-state index contributed by atoms with van der Waals surface area (Å²) in [5.74, 6) is 0.323. The van der Waals surface area contributed by atoms with Gasteiger partial charge in [-0.05, 0) is 85.7 Å². The van der Waals surface area contributed by atoms with Crippen LogP contribution in [0.5, 0.6) is 0 Å². The molecule has 0 bridgehead atoms. The number of carbonyl (C=O) groups excluding carboxylic acids is 2. The summed E-state index contributed by atoms with van der Waals surface area (Å²) in [4.78, 5) is 27.3. The zero-order chi connectivity index (χ0) is 24.6. The Kier molecular flexibility index (Phi) is 7.20. The summed E-state index contributed by atoms with van der Waals surface area (Å²) in [6, 6.07) is 5.77. The third-order valence-electron chi connectivity index (χ3n) is 6.88. The van der Waals surface area contributed by atoms with Gasteiger partial charge in [0, 0.05) is 25.2 Å². The molecular formula is C25H39BN2O5. The van der Waals surface area contributed by atoms with Gasteiger partial charge in [-0.2, -0.15) is 0 Å². The summed E-state index contributed by atoms with van der Waals surface area (Å²) in [5.41, 5.74) is 0.978. The van der Waals surface area contributed by atoms with Crippen molar-refractivity contribution in [1.29, 1.82) is 0 Å². The second kappa shape index (κ2) is 9.30. The van der Waals surface area contributed by atoms with E-state index in [9.17, 15) is 9.59 Å². The number of ether oxygens (including phenoxy) is 1. The fourth-order valence-electron chi connectivity index (χ4n) is 4.19. The first-order valence-electron chi connectivity index (χ1n) is 11.9. The average molecular weight is 458 g/mol. The Balaban J connectivity index is 1.64. The third kappa shape index (κ3) is 5.90. The number of nitrogens with one attached hydrogen (secondary N) is 1. The summed E-state index contributed by atoms with van der Waals surface area (Å²) in [6.07, 6.45) is 1.27. The van der Waals surface area contributed by atoms with Gasteiger partial charge in [0.25, 0.3) is 5.91 Å². The number of piperidine rings is 1. The van der Waals surface area contributed by atoms with Crippen molar-refractivity contribution in [3.63, 3.8) is 0 Å². The van der Waals surface area contributed by atoms with E-state index in [1.165, 1.54) is 0 Å². The Morgan fingerprint density at radius 1 is 1.12 bits per heavy atom. The van der Waals surface area contributed by atoms with Crippen LogP contribution in [0.1, 0.15) is 77.2 Å². The zero-order valence-electron chi connectivity index (χ0n) is 21.4. The predicted octanol–water partition coefficient (Wildman–Crippen LogP) is 3.67. The van der Waals surface area contributed by atoms with Crippen LogP contribution in [0, 0.1) is 12.8 Å². The van der Waals surface area contributed by atoms with Crippen molar-refractivity contribution in [2.45, 2.75) is 85.0 Å². The fourth-order valence-corrected chi connectivity index (χ4v) is 4.19. The van der Waals surface area contributed by atoms with Gasteiger partial charge in [-0.1, -0.05) is 17.7 Å². The number of aryl methyl sites for hydroxylation is 1. The van der Waals surface area contributed by atoms with Crippen LogP contribution in [0.2, 0.25) is 0 Å². The molecular weight excluding hydrogens is 419 g/mol. The van der Waals surface area contributed by atoms with E-state index < -0.39 is 30.0 Å². The van der Waals surface area contributed by atoms with Crippen LogP contribution in [0.25, 0.3) is 0 Å². The van der Waals surface area contributed by atoms with Gasteiger partial charge in [-0.25, -0.2) is 4.79 Å². The second-order valence-corrected chi connectivity index (χ2v) is 11.2. The highest BCUT2D eigenvalue weighted by atomic mass is 16.7. The van der Waals surface area contributed by atoms with Crippen LogP contribution in [-0.2, 0) is 14.0 Å². The number of hydrogen-bond acceptors (Lipinski definition) is 5. The number of rotatable bonds is 4. The van der Waals surface area contributed by atoms with E-state index >= 15 is 0 Å². The number of amides is 2. The molecule has 2 heterocycles. The topological polar surface area (TPSA) is 77.1 Å². The normalized spacial score (nSPS) is 20.6. The van der Waals surface area contributed by atoms with Crippen LogP contribution in [-0.4, -0.2) is 60.5 Å². The molecule has 0 atom stereocenters. The van der Waals surface area contributed by atoms with E-state index in [1.807, 2.05) is 78.5 Å². The Hall–Kier alpha value is -2.06. The molecule has 182 valence electrons. The number of nitrogens with zero attached hydrogens (tertiary/aromatic N) is 1. The molecule has 8 heteroatoms. The summed E-state index contributed by atoms with van der Waals surface area (Å²) in [5, 5.41) is 2.86. The minimum atomic E-state index is -0.578. The average Bonchev–Trinajstić information content (AvgIpc) is 2.91. The second-order valence-electron chi connectivity index (χ2n) is 11.2. The van der Waals surface area contributed by atoms with Crippen molar-refractivity contribution >= 4 is 24.6 Å². The maximum atomic E-state index is 13.5. The Morgan fingerprint density at radius 2 is 1.70 bits per heavy atom. The Bertz CT molecular complexity index is 869. The van der Waals surface area contributed by atoms with Gasteiger partial charge in [0.15, 0.2) is 0 Å². The molecule has 1 aromatic rings. The van der Waals surface area contributed by atoms with E-state index in [1.54, 1.807) is 0 Å². The van der Waals surface area contributed by atoms with Gasteiger partial charge in [-0.3, -0.25) is 4.79 Å². The van der Waals surface area contributed by atoms with Crippen LogP contribution in [0.15, 0.2) is 18.2 Å². The monoisotopic (exact) mass is 458 g/mol. The molecule has 2 fully saturated rings. The van der Waals surface area contributed by atoms with Gasteiger partial charge in [0.1, 0.15) is 5.60 Å². The standard InChI is InChI=1S/C25H39BN2O5/c1-17-10-9-11-19(20(17)26-32-24(5,6)25(7,8)33-26)21(29)28-14-12-18(13-15-28)16-27-22(30)31-23(2,3)4/h9-11,18H,12-16H2,1-8H3,(H,27,30). The van der Waals surface area contributed by atoms with Gasteiger partial charge in [0.2, 0.25) is 0 Å². The Labute approximate surface area is 198 Å². The molecule has 7 nitrogen and oxygen atoms in total. The van der Waals surface area contributed by atoms with Crippen molar-refractivity contribution in [3.05, 3.63) is 29.3 Å². The Morgan fingerprint density at radius 3 is 2.24 bits per heavy atom. The number of alkyl carbamates (subject to hydrolysis) is 1. The number of likely N-dealkylation sites (tertiary alicyclic amines) is 1. The molecule has 0 radical (unpaired) electrons. The summed E-state index contributed by atoms with van der Waals surface area (Å²) in [6.45, 7) is 17.5. The lowest BCUT2D eigenvalue weighted by molar-refractivity contribution is 0.00578. The van der Waals surface area contributed by atoms with Crippen LogP contribution < -0.4 is 10.8 Å². The lowest BCUT2D eigenvalue weighted by Crippen LogP contribution is -2.46. The first-order chi connectivity index (χ1) is 15.2. The molecule has 0 saturated carbocycles. The van der Waals surface area contributed by atoms with Crippen LogP contribution in [0.3, 0.4) is 0 Å².